The second-order valence-electron chi connectivity index (χ2n) is 7.84. The van der Waals surface area contributed by atoms with Gasteiger partial charge in [-0.1, -0.05) is 28.1 Å². The Hall–Kier alpha value is -3.19. The van der Waals surface area contributed by atoms with Crippen LogP contribution in [-0.2, 0) is 0 Å². The Morgan fingerprint density at radius 3 is 2.75 bits per heavy atom. The van der Waals surface area contributed by atoms with Gasteiger partial charge < -0.3 is 18.9 Å². The van der Waals surface area contributed by atoms with E-state index in [1.807, 2.05) is 61.5 Å². The van der Waals surface area contributed by atoms with Crippen molar-refractivity contribution in [3.8, 4) is 23.0 Å². The second-order valence-corrected chi connectivity index (χ2v) is 8.75. The number of hydrogen-bond donors (Lipinski definition) is 0. The van der Waals surface area contributed by atoms with Gasteiger partial charge in [-0.2, -0.15) is 5.10 Å². The molecule has 0 aromatic heterocycles. The molecule has 3 aromatic rings. The molecular formula is C25H21BrN2O4. The van der Waals surface area contributed by atoms with Crippen LogP contribution in [0.2, 0.25) is 0 Å². The van der Waals surface area contributed by atoms with Crippen LogP contribution in [0.15, 0.2) is 70.2 Å². The molecule has 2 atom stereocenters. The predicted octanol–water partition coefficient (Wildman–Crippen LogP) is 5.82. The lowest BCUT2D eigenvalue weighted by molar-refractivity contribution is -0.0206. The van der Waals surface area contributed by atoms with E-state index in [1.165, 1.54) is 0 Å². The summed E-state index contributed by atoms with van der Waals surface area (Å²) in [7, 11) is 0. The minimum atomic E-state index is -0.386. The van der Waals surface area contributed by atoms with Gasteiger partial charge in [-0.05, 0) is 55.5 Å². The maximum absolute atomic E-state index is 6.51. The van der Waals surface area contributed by atoms with Crippen LogP contribution in [0.1, 0.15) is 42.3 Å². The zero-order valence-corrected chi connectivity index (χ0v) is 19.0. The molecule has 0 saturated heterocycles. The molecule has 0 aliphatic carbocycles. The standard InChI is InChI=1S/C25H21BrN2O4/c1-2-29-21-6-4-3-5-17(21)25-28-20(18-12-16(26)8-10-22(18)32-25)13-19(27-28)15-7-9-23-24(11-15)31-14-30-23/h3-12,20,25H,2,13-14H2,1H3/t20-,25+/m1/s1. The van der Waals surface area contributed by atoms with Crippen molar-refractivity contribution in [3.05, 3.63) is 81.8 Å². The van der Waals surface area contributed by atoms with E-state index in [0.717, 1.165) is 56.3 Å². The molecule has 0 bridgehead atoms. The Kier molecular flexibility index (Phi) is 4.72. The van der Waals surface area contributed by atoms with Crippen molar-refractivity contribution < 1.29 is 18.9 Å². The molecule has 0 fully saturated rings. The first-order chi connectivity index (χ1) is 15.7. The third-order valence-electron chi connectivity index (χ3n) is 5.94. The zero-order chi connectivity index (χ0) is 21.7. The molecule has 0 radical (unpaired) electrons. The highest BCUT2D eigenvalue weighted by molar-refractivity contribution is 9.10. The van der Waals surface area contributed by atoms with Crippen molar-refractivity contribution in [3.63, 3.8) is 0 Å². The molecule has 0 N–H and O–H groups in total. The van der Waals surface area contributed by atoms with E-state index >= 15 is 0 Å². The summed E-state index contributed by atoms with van der Waals surface area (Å²) in [4.78, 5) is 0. The fraction of sp³-hybridized carbons (Fsp3) is 0.240. The van der Waals surface area contributed by atoms with Crippen LogP contribution < -0.4 is 18.9 Å². The molecule has 3 aliphatic heterocycles. The molecule has 0 spiro atoms. The fourth-order valence-corrected chi connectivity index (χ4v) is 4.86. The number of hydrazone groups is 1. The van der Waals surface area contributed by atoms with E-state index in [2.05, 4.69) is 27.0 Å². The first-order valence-corrected chi connectivity index (χ1v) is 11.4. The van der Waals surface area contributed by atoms with Gasteiger partial charge in [0, 0.05) is 22.0 Å². The van der Waals surface area contributed by atoms with Crippen molar-refractivity contribution in [2.45, 2.75) is 25.6 Å². The third-order valence-corrected chi connectivity index (χ3v) is 6.44. The van der Waals surface area contributed by atoms with Gasteiger partial charge in [0.15, 0.2) is 11.5 Å². The minimum absolute atomic E-state index is 0.0522. The van der Waals surface area contributed by atoms with Crippen molar-refractivity contribution in [2.75, 3.05) is 13.4 Å². The quantitative estimate of drug-likeness (QED) is 0.459. The average Bonchev–Trinajstić information content (AvgIpc) is 3.46. The summed E-state index contributed by atoms with van der Waals surface area (Å²) in [5.41, 5.74) is 4.09. The van der Waals surface area contributed by atoms with Crippen molar-refractivity contribution >= 4 is 21.6 Å². The van der Waals surface area contributed by atoms with Crippen LogP contribution in [-0.4, -0.2) is 24.1 Å². The molecule has 6 nitrogen and oxygen atoms in total. The first-order valence-electron chi connectivity index (χ1n) is 10.6. The van der Waals surface area contributed by atoms with E-state index in [-0.39, 0.29) is 19.1 Å². The summed E-state index contributed by atoms with van der Waals surface area (Å²) in [6, 6.07) is 20.2. The van der Waals surface area contributed by atoms with Crippen molar-refractivity contribution in [2.24, 2.45) is 5.10 Å². The van der Waals surface area contributed by atoms with Gasteiger partial charge in [0.05, 0.1) is 23.9 Å². The van der Waals surface area contributed by atoms with Crippen LogP contribution in [0.3, 0.4) is 0 Å². The molecule has 32 heavy (non-hydrogen) atoms. The van der Waals surface area contributed by atoms with Crippen molar-refractivity contribution in [1.29, 1.82) is 0 Å². The number of rotatable bonds is 4. The van der Waals surface area contributed by atoms with Gasteiger partial charge in [0.25, 0.3) is 0 Å². The molecule has 3 heterocycles. The Morgan fingerprint density at radius 2 is 1.84 bits per heavy atom. The monoisotopic (exact) mass is 492 g/mol. The molecule has 7 heteroatoms. The Bertz CT molecular complexity index is 1230. The molecular weight excluding hydrogens is 472 g/mol. The highest BCUT2D eigenvalue weighted by atomic mass is 79.9. The van der Waals surface area contributed by atoms with Crippen LogP contribution >= 0.6 is 15.9 Å². The second kappa shape index (κ2) is 7.74. The summed E-state index contributed by atoms with van der Waals surface area (Å²) in [6.07, 6.45) is 0.377. The molecule has 6 rings (SSSR count). The van der Waals surface area contributed by atoms with Crippen LogP contribution in [0.25, 0.3) is 0 Å². The number of fused-ring (bicyclic) bond motifs is 4. The molecule has 162 valence electrons. The largest absolute Gasteiger partial charge is 0.493 e. The molecule has 0 saturated carbocycles. The predicted molar refractivity (Wildman–Crippen MR) is 123 cm³/mol. The van der Waals surface area contributed by atoms with Crippen LogP contribution in [0.4, 0.5) is 0 Å². The smallest absolute Gasteiger partial charge is 0.231 e. The number of halogens is 1. The number of para-hydroxylation sites is 1. The molecule has 0 unspecified atom stereocenters. The highest BCUT2D eigenvalue weighted by Gasteiger charge is 2.42. The summed E-state index contributed by atoms with van der Waals surface area (Å²) in [5.74, 6) is 3.21. The number of nitrogens with zero attached hydrogens (tertiary/aromatic N) is 2. The first kappa shape index (κ1) is 19.5. The van der Waals surface area contributed by atoms with Gasteiger partial charge in [-0.25, -0.2) is 5.01 Å². The Balaban J connectivity index is 1.45. The van der Waals surface area contributed by atoms with E-state index in [9.17, 15) is 0 Å². The summed E-state index contributed by atoms with van der Waals surface area (Å²) >= 11 is 3.61. The normalized spacial score (nSPS) is 20.3. The zero-order valence-electron chi connectivity index (χ0n) is 17.5. The van der Waals surface area contributed by atoms with E-state index < -0.39 is 0 Å². The molecule has 0 amide bonds. The number of hydrogen-bond acceptors (Lipinski definition) is 6. The summed E-state index contributed by atoms with van der Waals surface area (Å²) in [5, 5.41) is 7.11. The number of benzene rings is 3. The average molecular weight is 493 g/mol. The SMILES string of the molecule is CCOc1ccccc1[C@@H]1Oc2ccc(Br)cc2[C@H]2CC(c3ccc4c(c3)OCO4)=NN21. The maximum Gasteiger partial charge on any atom is 0.231 e. The lowest BCUT2D eigenvalue weighted by Gasteiger charge is -2.38. The van der Waals surface area contributed by atoms with Gasteiger partial charge in [0.1, 0.15) is 11.5 Å². The minimum Gasteiger partial charge on any atom is -0.493 e. The van der Waals surface area contributed by atoms with Crippen molar-refractivity contribution in [1.82, 2.24) is 5.01 Å². The lowest BCUT2D eigenvalue weighted by Crippen LogP contribution is -2.34. The fourth-order valence-electron chi connectivity index (χ4n) is 4.49. The maximum atomic E-state index is 6.51. The molecule has 3 aromatic carbocycles. The third kappa shape index (κ3) is 3.19. The summed E-state index contributed by atoms with van der Waals surface area (Å²) < 4.78 is 24.5. The Morgan fingerprint density at radius 1 is 1.00 bits per heavy atom. The van der Waals surface area contributed by atoms with Gasteiger partial charge in [0.2, 0.25) is 13.0 Å². The van der Waals surface area contributed by atoms with Crippen LogP contribution in [0, 0.1) is 0 Å². The van der Waals surface area contributed by atoms with E-state index in [4.69, 9.17) is 24.0 Å². The molecule has 3 aliphatic rings. The van der Waals surface area contributed by atoms with Gasteiger partial charge in [-0.15, -0.1) is 0 Å². The topological polar surface area (TPSA) is 52.5 Å². The van der Waals surface area contributed by atoms with E-state index in [1.54, 1.807) is 0 Å². The van der Waals surface area contributed by atoms with Crippen LogP contribution in [0.5, 0.6) is 23.0 Å². The highest BCUT2D eigenvalue weighted by Crippen LogP contribution is 2.49. The van der Waals surface area contributed by atoms with Gasteiger partial charge >= 0.3 is 0 Å². The summed E-state index contributed by atoms with van der Waals surface area (Å²) in [6.45, 7) is 2.83. The Labute approximate surface area is 194 Å². The van der Waals surface area contributed by atoms with E-state index in [0.29, 0.717) is 6.61 Å². The number of ether oxygens (including phenoxy) is 4. The van der Waals surface area contributed by atoms with Gasteiger partial charge in [-0.3, -0.25) is 0 Å². The lowest BCUT2D eigenvalue weighted by atomic mass is 9.95.